The molecule has 3 N–H and O–H groups in total. The summed E-state index contributed by atoms with van der Waals surface area (Å²) in [5.74, 6) is -0.396. The Morgan fingerprint density at radius 1 is 1.37 bits per heavy atom. The number of benzene rings is 1. The first kappa shape index (κ1) is 19.0. The molecule has 1 aromatic heterocycles. The van der Waals surface area contributed by atoms with Gasteiger partial charge in [-0.2, -0.15) is 4.98 Å². The molecule has 8 heteroatoms. The standard InChI is InChI=1S/C19H23FN4O3/c1-2-21-16-7-9-22-18(23-16)24-10-8-15(25)19(12-24,17(26)27)11-13-3-5-14(20)6-4-13/h3-7,9,15,25H,2,8,10-12H2,1H3,(H,26,27)(H,21,22,23)/t15-,19-/m1/s1. The number of rotatable bonds is 6. The van der Waals surface area contributed by atoms with E-state index in [9.17, 15) is 19.4 Å². The molecule has 1 aromatic carbocycles. The van der Waals surface area contributed by atoms with Gasteiger partial charge in [0.1, 0.15) is 17.1 Å². The van der Waals surface area contributed by atoms with E-state index in [1.54, 1.807) is 29.3 Å². The maximum absolute atomic E-state index is 13.2. The molecule has 0 spiro atoms. The summed E-state index contributed by atoms with van der Waals surface area (Å²) in [5, 5.41) is 23.6. The summed E-state index contributed by atoms with van der Waals surface area (Å²) in [6.45, 7) is 3.18. The Labute approximate surface area is 156 Å². The monoisotopic (exact) mass is 374 g/mol. The number of aliphatic hydroxyl groups is 1. The minimum Gasteiger partial charge on any atom is -0.481 e. The molecule has 1 fully saturated rings. The van der Waals surface area contributed by atoms with Gasteiger partial charge in [0.2, 0.25) is 5.95 Å². The van der Waals surface area contributed by atoms with Crippen molar-refractivity contribution in [1.82, 2.24) is 9.97 Å². The molecule has 2 aromatic rings. The summed E-state index contributed by atoms with van der Waals surface area (Å²) in [7, 11) is 0. The van der Waals surface area contributed by atoms with Crippen LogP contribution >= 0.6 is 0 Å². The van der Waals surface area contributed by atoms with E-state index in [0.717, 1.165) is 0 Å². The van der Waals surface area contributed by atoms with Crippen LogP contribution in [-0.2, 0) is 11.2 Å². The first-order valence-corrected chi connectivity index (χ1v) is 8.92. The highest BCUT2D eigenvalue weighted by Gasteiger charge is 2.49. The molecule has 2 atom stereocenters. The van der Waals surface area contributed by atoms with Crippen LogP contribution in [0.5, 0.6) is 0 Å². The molecule has 1 aliphatic heterocycles. The summed E-state index contributed by atoms with van der Waals surface area (Å²) >= 11 is 0. The van der Waals surface area contributed by atoms with E-state index < -0.39 is 17.5 Å². The van der Waals surface area contributed by atoms with Crippen LogP contribution in [-0.4, -0.2) is 51.9 Å². The van der Waals surface area contributed by atoms with Crippen molar-refractivity contribution in [3.8, 4) is 0 Å². The minimum atomic E-state index is -1.42. The van der Waals surface area contributed by atoms with E-state index in [0.29, 0.717) is 30.4 Å². The molecule has 1 aliphatic rings. The van der Waals surface area contributed by atoms with Gasteiger partial charge in [0.05, 0.1) is 6.10 Å². The first-order valence-electron chi connectivity index (χ1n) is 8.92. The van der Waals surface area contributed by atoms with Crippen LogP contribution in [0.3, 0.4) is 0 Å². The van der Waals surface area contributed by atoms with Crippen LogP contribution in [0.1, 0.15) is 18.9 Å². The quantitative estimate of drug-likeness (QED) is 0.711. The smallest absolute Gasteiger partial charge is 0.314 e. The second-order valence-electron chi connectivity index (χ2n) is 6.76. The fourth-order valence-corrected chi connectivity index (χ4v) is 3.46. The Bertz CT molecular complexity index is 802. The molecule has 2 heterocycles. The summed E-state index contributed by atoms with van der Waals surface area (Å²) in [5.41, 5.74) is -0.768. The fraction of sp³-hybridized carbons (Fsp3) is 0.421. The second kappa shape index (κ2) is 7.87. The number of carbonyl (C=O) groups is 1. The van der Waals surface area contributed by atoms with Gasteiger partial charge in [-0.05, 0) is 43.5 Å². The third kappa shape index (κ3) is 4.00. The van der Waals surface area contributed by atoms with Crippen LogP contribution < -0.4 is 10.2 Å². The Balaban J connectivity index is 1.89. The summed E-state index contributed by atoms with van der Waals surface area (Å²) in [6, 6.07) is 7.43. The molecule has 0 bridgehead atoms. The number of hydrogen-bond acceptors (Lipinski definition) is 6. The molecular formula is C19H23FN4O3. The van der Waals surface area contributed by atoms with Crippen molar-refractivity contribution in [1.29, 1.82) is 0 Å². The van der Waals surface area contributed by atoms with Gasteiger partial charge in [0.25, 0.3) is 0 Å². The van der Waals surface area contributed by atoms with Gasteiger partial charge < -0.3 is 20.4 Å². The Morgan fingerprint density at radius 2 is 2.11 bits per heavy atom. The number of anilines is 2. The number of nitrogens with zero attached hydrogens (tertiary/aromatic N) is 3. The van der Waals surface area contributed by atoms with E-state index in [4.69, 9.17) is 0 Å². The Hall–Kier alpha value is -2.74. The molecular weight excluding hydrogens is 351 g/mol. The molecule has 0 amide bonds. The fourth-order valence-electron chi connectivity index (χ4n) is 3.46. The Kier molecular flexibility index (Phi) is 5.55. The van der Waals surface area contributed by atoms with Crippen LogP contribution in [0.15, 0.2) is 36.5 Å². The normalized spacial score (nSPS) is 22.5. The maximum atomic E-state index is 13.2. The molecule has 1 saturated heterocycles. The average molecular weight is 374 g/mol. The number of carboxylic acids is 1. The zero-order chi connectivity index (χ0) is 19.4. The predicted octanol–water partition coefficient (Wildman–Crippen LogP) is 1.93. The summed E-state index contributed by atoms with van der Waals surface area (Å²) in [4.78, 5) is 22.7. The molecule has 0 unspecified atom stereocenters. The van der Waals surface area contributed by atoms with Gasteiger partial charge >= 0.3 is 5.97 Å². The third-order valence-corrected chi connectivity index (χ3v) is 4.93. The van der Waals surface area contributed by atoms with Gasteiger partial charge in [-0.25, -0.2) is 9.37 Å². The van der Waals surface area contributed by atoms with Crippen molar-refractivity contribution in [2.45, 2.75) is 25.9 Å². The number of hydrogen-bond donors (Lipinski definition) is 3. The number of aromatic nitrogens is 2. The number of piperidine rings is 1. The van der Waals surface area contributed by atoms with E-state index in [2.05, 4.69) is 15.3 Å². The lowest BCUT2D eigenvalue weighted by molar-refractivity contribution is -0.157. The molecule has 144 valence electrons. The number of aliphatic hydroxyl groups excluding tert-OH is 1. The number of carboxylic acid groups (broad SMARTS) is 1. The summed E-state index contributed by atoms with van der Waals surface area (Å²) < 4.78 is 13.2. The molecule has 0 radical (unpaired) electrons. The zero-order valence-electron chi connectivity index (χ0n) is 15.1. The molecule has 3 rings (SSSR count). The van der Waals surface area contributed by atoms with Gasteiger partial charge in [0, 0.05) is 25.8 Å². The van der Waals surface area contributed by atoms with Crippen LogP contribution in [0.2, 0.25) is 0 Å². The highest BCUT2D eigenvalue weighted by molar-refractivity contribution is 5.77. The molecule has 0 aliphatic carbocycles. The van der Waals surface area contributed by atoms with Crippen LogP contribution in [0.4, 0.5) is 16.2 Å². The van der Waals surface area contributed by atoms with E-state index >= 15 is 0 Å². The van der Waals surface area contributed by atoms with E-state index in [1.165, 1.54) is 12.1 Å². The zero-order valence-corrected chi connectivity index (χ0v) is 15.1. The van der Waals surface area contributed by atoms with E-state index in [-0.39, 0.29) is 25.2 Å². The largest absolute Gasteiger partial charge is 0.481 e. The number of halogens is 1. The van der Waals surface area contributed by atoms with Crippen LogP contribution in [0.25, 0.3) is 0 Å². The highest BCUT2D eigenvalue weighted by Crippen LogP contribution is 2.36. The topological polar surface area (TPSA) is 98.6 Å². The Morgan fingerprint density at radius 3 is 2.78 bits per heavy atom. The van der Waals surface area contributed by atoms with Gasteiger partial charge in [-0.15, -0.1) is 0 Å². The van der Waals surface area contributed by atoms with Crippen molar-refractivity contribution in [3.63, 3.8) is 0 Å². The van der Waals surface area contributed by atoms with Crippen molar-refractivity contribution < 1.29 is 19.4 Å². The second-order valence-corrected chi connectivity index (χ2v) is 6.76. The van der Waals surface area contributed by atoms with Gasteiger partial charge in [-0.3, -0.25) is 4.79 Å². The highest BCUT2D eigenvalue weighted by atomic mass is 19.1. The maximum Gasteiger partial charge on any atom is 0.314 e. The van der Waals surface area contributed by atoms with Crippen molar-refractivity contribution in [2.75, 3.05) is 29.9 Å². The average Bonchev–Trinajstić information content (AvgIpc) is 2.66. The van der Waals surface area contributed by atoms with Crippen molar-refractivity contribution in [3.05, 3.63) is 47.9 Å². The first-order chi connectivity index (χ1) is 12.9. The lowest BCUT2D eigenvalue weighted by Crippen LogP contribution is -2.57. The molecule has 7 nitrogen and oxygen atoms in total. The van der Waals surface area contributed by atoms with Crippen LogP contribution in [0, 0.1) is 11.2 Å². The van der Waals surface area contributed by atoms with E-state index in [1.807, 2.05) is 6.92 Å². The lowest BCUT2D eigenvalue weighted by atomic mass is 9.73. The van der Waals surface area contributed by atoms with Crippen molar-refractivity contribution >= 4 is 17.7 Å². The van der Waals surface area contributed by atoms with Crippen molar-refractivity contribution in [2.24, 2.45) is 5.41 Å². The molecule has 0 saturated carbocycles. The SMILES string of the molecule is CCNc1ccnc(N2CC[C@@H](O)[C@](Cc3ccc(F)cc3)(C(=O)O)C2)n1. The van der Waals surface area contributed by atoms with Gasteiger partial charge in [0.15, 0.2) is 0 Å². The summed E-state index contributed by atoms with van der Waals surface area (Å²) in [6.07, 6.45) is 0.969. The molecule has 27 heavy (non-hydrogen) atoms. The lowest BCUT2D eigenvalue weighted by Gasteiger charge is -2.43. The predicted molar refractivity (Wildman–Crippen MR) is 99.2 cm³/mol. The number of aliphatic carboxylic acids is 1. The minimum absolute atomic E-state index is 0.0659. The number of nitrogens with one attached hydrogen (secondary N) is 1. The van der Waals surface area contributed by atoms with Gasteiger partial charge in [-0.1, -0.05) is 12.1 Å². The third-order valence-electron chi connectivity index (χ3n) is 4.93.